The first-order valence-corrected chi connectivity index (χ1v) is 10.9. The van der Waals surface area contributed by atoms with Crippen LogP contribution in [0.4, 0.5) is 0 Å². The van der Waals surface area contributed by atoms with Gasteiger partial charge in [-0.15, -0.1) is 0 Å². The summed E-state index contributed by atoms with van der Waals surface area (Å²) in [5.74, 6) is -0.347. The number of ether oxygens (including phenoxy) is 1. The summed E-state index contributed by atoms with van der Waals surface area (Å²) in [4.78, 5) is 12.1. The van der Waals surface area contributed by atoms with E-state index in [0.717, 1.165) is 24.8 Å². The van der Waals surface area contributed by atoms with Crippen LogP contribution in [0.2, 0.25) is 0 Å². The highest BCUT2D eigenvalue weighted by Crippen LogP contribution is 2.29. The Labute approximate surface area is 164 Å². The van der Waals surface area contributed by atoms with Crippen LogP contribution in [0.15, 0.2) is 30.4 Å². The number of aromatic hydroxyl groups is 1. The molecule has 0 saturated heterocycles. The van der Waals surface area contributed by atoms with E-state index >= 15 is 0 Å². The number of carbonyl (C=O) groups excluding carboxylic acids is 1. The SMILES string of the molecule is CCCCCCCC/C=C/CCCCCC1Cc2cccc(O)c2C(=O)O1. The van der Waals surface area contributed by atoms with E-state index in [1.165, 1.54) is 57.8 Å². The Hall–Kier alpha value is -1.77. The molecule has 0 saturated carbocycles. The molecular weight excluding hydrogens is 336 g/mol. The Morgan fingerprint density at radius 3 is 2.41 bits per heavy atom. The van der Waals surface area contributed by atoms with E-state index in [9.17, 15) is 9.90 Å². The summed E-state index contributed by atoms with van der Waals surface area (Å²) in [6, 6.07) is 5.25. The van der Waals surface area contributed by atoms with Crippen molar-refractivity contribution in [3.63, 3.8) is 0 Å². The van der Waals surface area contributed by atoms with Crippen LogP contribution in [0.1, 0.15) is 99.9 Å². The van der Waals surface area contributed by atoms with Crippen molar-refractivity contribution in [2.45, 2.75) is 96.5 Å². The highest BCUT2D eigenvalue weighted by atomic mass is 16.5. The van der Waals surface area contributed by atoms with Crippen molar-refractivity contribution in [2.24, 2.45) is 0 Å². The van der Waals surface area contributed by atoms with Gasteiger partial charge >= 0.3 is 5.97 Å². The molecule has 27 heavy (non-hydrogen) atoms. The van der Waals surface area contributed by atoms with E-state index in [2.05, 4.69) is 19.1 Å². The molecule has 1 N–H and O–H groups in total. The van der Waals surface area contributed by atoms with Gasteiger partial charge in [0.2, 0.25) is 0 Å². The monoisotopic (exact) mass is 372 g/mol. The number of fused-ring (bicyclic) bond motifs is 1. The van der Waals surface area contributed by atoms with Crippen molar-refractivity contribution in [3.05, 3.63) is 41.5 Å². The van der Waals surface area contributed by atoms with Gasteiger partial charge in [-0.25, -0.2) is 4.79 Å². The summed E-state index contributed by atoms with van der Waals surface area (Å²) in [6.07, 6.45) is 20.2. The number of esters is 1. The van der Waals surface area contributed by atoms with E-state index < -0.39 is 0 Å². The number of cyclic esters (lactones) is 1. The fourth-order valence-electron chi connectivity index (χ4n) is 3.74. The second kappa shape index (κ2) is 12.6. The van der Waals surface area contributed by atoms with Crippen molar-refractivity contribution in [1.29, 1.82) is 0 Å². The molecule has 3 heteroatoms. The fraction of sp³-hybridized carbons (Fsp3) is 0.625. The number of rotatable bonds is 13. The van der Waals surface area contributed by atoms with Gasteiger partial charge in [0.05, 0.1) is 0 Å². The number of unbranched alkanes of at least 4 members (excludes halogenated alkanes) is 9. The lowest BCUT2D eigenvalue weighted by Gasteiger charge is -2.25. The lowest BCUT2D eigenvalue weighted by atomic mass is 9.95. The zero-order valence-electron chi connectivity index (χ0n) is 16.9. The molecule has 0 spiro atoms. The number of benzene rings is 1. The third kappa shape index (κ3) is 7.78. The fourth-order valence-corrected chi connectivity index (χ4v) is 3.74. The van der Waals surface area contributed by atoms with E-state index in [4.69, 9.17) is 4.74 Å². The van der Waals surface area contributed by atoms with Crippen LogP contribution < -0.4 is 0 Å². The summed E-state index contributed by atoms with van der Waals surface area (Å²) in [5, 5.41) is 9.80. The van der Waals surface area contributed by atoms with Crippen molar-refractivity contribution in [1.82, 2.24) is 0 Å². The van der Waals surface area contributed by atoms with Gasteiger partial charge in [-0.1, -0.05) is 69.7 Å². The van der Waals surface area contributed by atoms with E-state index in [1.807, 2.05) is 6.07 Å². The zero-order chi connectivity index (χ0) is 19.3. The van der Waals surface area contributed by atoms with Crippen LogP contribution in [-0.4, -0.2) is 17.2 Å². The van der Waals surface area contributed by atoms with Gasteiger partial charge in [-0.2, -0.15) is 0 Å². The van der Waals surface area contributed by atoms with Gasteiger partial charge in [0.25, 0.3) is 0 Å². The Morgan fingerprint density at radius 2 is 1.67 bits per heavy atom. The standard InChI is InChI=1S/C24H36O3/c1-2-3-4-5-6-7-8-9-10-11-12-13-14-17-21-19-20-16-15-18-22(25)23(20)24(26)27-21/h9-10,15-16,18,21,25H,2-8,11-14,17,19H2,1H3/b10-9+. The number of carbonyl (C=O) groups is 1. The number of hydrogen-bond acceptors (Lipinski definition) is 3. The quantitative estimate of drug-likeness (QED) is 0.237. The molecular formula is C24H36O3. The lowest BCUT2D eigenvalue weighted by Crippen LogP contribution is -2.27. The van der Waals surface area contributed by atoms with Crippen molar-refractivity contribution >= 4 is 5.97 Å². The van der Waals surface area contributed by atoms with Crippen LogP contribution in [0.25, 0.3) is 0 Å². The van der Waals surface area contributed by atoms with Crippen LogP contribution in [0, 0.1) is 0 Å². The predicted molar refractivity (Wildman–Crippen MR) is 111 cm³/mol. The third-order valence-electron chi connectivity index (χ3n) is 5.34. The second-order valence-electron chi connectivity index (χ2n) is 7.71. The van der Waals surface area contributed by atoms with Crippen LogP contribution in [0.3, 0.4) is 0 Å². The molecule has 3 nitrogen and oxygen atoms in total. The molecule has 1 atom stereocenters. The number of phenols is 1. The topological polar surface area (TPSA) is 46.5 Å². The van der Waals surface area contributed by atoms with Gasteiger partial charge in [-0.3, -0.25) is 0 Å². The molecule has 2 rings (SSSR count). The molecule has 0 radical (unpaired) electrons. The Bertz CT molecular complexity index is 591. The Balaban J connectivity index is 1.50. The summed E-state index contributed by atoms with van der Waals surface area (Å²) in [7, 11) is 0. The van der Waals surface area contributed by atoms with Gasteiger partial charge in [0, 0.05) is 6.42 Å². The highest BCUT2D eigenvalue weighted by Gasteiger charge is 2.28. The Morgan fingerprint density at radius 1 is 1.00 bits per heavy atom. The van der Waals surface area contributed by atoms with E-state index in [-0.39, 0.29) is 17.8 Å². The van der Waals surface area contributed by atoms with E-state index in [0.29, 0.717) is 12.0 Å². The molecule has 1 aliphatic rings. The summed E-state index contributed by atoms with van der Waals surface area (Å²) in [6.45, 7) is 2.26. The molecule has 0 amide bonds. The molecule has 150 valence electrons. The maximum absolute atomic E-state index is 12.1. The lowest BCUT2D eigenvalue weighted by molar-refractivity contribution is 0.0228. The van der Waals surface area contributed by atoms with Crippen LogP contribution in [-0.2, 0) is 11.2 Å². The number of allylic oxidation sites excluding steroid dienone is 2. The number of hydrogen-bond donors (Lipinski definition) is 1. The maximum Gasteiger partial charge on any atom is 0.342 e. The Kier molecular flexibility index (Phi) is 10.0. The summed E-state index contributed by atoms with van der Waals surface area (Å²) in [5.41, 5.74) is 1.26. The maximum atomic E-state index is 12.1. The molecule has 1 unspecified atom stereocenters. The minimum Gasteiger partial charge on any atom is -0.507 e. The normalized spacial score (nSPS) is 16.5. The van der Waals surface area contributed by atoms with E-state index in [1.54, 1.807) is 12.1 Å². The van der Waals surface area contributed by atoms with Crippen LogP contribution >= 0.6 is 0 Å². The second-order valence-corrected chi connectivity index (χ2v) is 7.71. The molecule has 0 aliphatic carbocycles. The molecule has 0 bridgehead atoms. The zero-order valence-corrected chi connectivity index (χ0v) is 16.9. The van der Waals surface area contributed by atoms with Crippen molar-refractivity contribution in [2.75, 3.05) is 0 Å². The molecule has 1 aromatic rings. The minimum atomic E-state index is -0.378. The van der Waals surface area contributed by atoms with Crippen LogP contribution in [0.5, 0.6) is 5.75 Å². The van der Waals surface area contributed by atoms with Crippen molar-refractivity contribution < 1.29 is 14.6 Å². The highest BCUT2D eigenvalue weighted by molar-refractivity contribution is 5.95. The first-order valence-electron chi connectivity index (χ1n) is 10.9. The average molecular weight is 373 g/mol. The minimum absolute atomic E-state index is 0.0312. The molecule has 1 heterocycles. The molecule has 1 aromatic carbocycles. The van der Waals surface area contributed by atoms with Gasteiger partial charge in [-0.05, 0) is 50.2 Å². The third-order valence-corrected chi connectivity index (χ3v) is 5.34. The van der Waals surface area contributed by atoms with Gasteiger partial charge in [0.1, 0.15) is 17.4 Å². The molecule has 0 aromatic heterocycles. The predicted octanol–water partition coefficient (Wildman–Crippen LogP) is 6.73. The summed E-state index contributed by atoms with van der Waals surface area (Å²) >= 11 is 0. The van der Waals surface area contributed by atoms with Gasteiger partial charge < -0.3 is 9.84 Å². The van der Waals surface area contributed by atoms with Gasteiger partial charge in [0.15, 0.2) is 0 Å². The number of phenolic OH excluding ortho intramolecular Hbond substituents is 1. The first kappa shape index (κ1) is 21.5. The van der Waals surface area contributed by atoms with Crippen molar-refractivity contribution in [3.8, 4) is 5.75 Å². The smallest absolute Gasteiger partial charge is 0.342 e. The average Bonchev–Trinajstić information content (AvgIpc) is 2.65. The largest absolute Gasteiger partial charge is 0.507 e. The first-order chi connectivity index (χ1) is 13.2. The summed E-state index contributed by atoms with van der Waals surface area (Å²) < 4.78 is 5.49. The molecule has 1 aliphatic heterocycles. The molecule has 0 fully saturated rings.